The number of hydrogen-bond acceptors (Lipinski definition) is 6. The maximum Gasteiger partial charge on any atom is 0.273 e. The summed E-state index contributed by atoms with van der Waals surface area (Å²) in [5, 5.41) is 5.76. The van der Waals surface area contributed by atoms with Crippen LogP contribution in [0.3, 0.4) is 0 Å². The minimum Gasteiger partial charge on any atom is -0.395 e. The SMILES string of the molecule is Nc1c(C(=O)NC2CCCCC2)nsc1C(=O)N(c1ccccc1F)C(C(=O)NCc1ccccc1)c1ccc(F)cc1. The van der Waals surface area contributed by atoms with Gasteiger partial charge in [0, 0.05) is 12.6 Å². The molecule has 4 aromatic rings. The number of hydrogen-bond donors (Lipinski definition) is 3. The molecule has 0 saturated heterocycles. The Hall–Kier alpha value is -4.64. The van der Waals surface area contributed by atoms with Gasteiger partial charge < -0.3 is 16.4 Å². The van der Waals surface area contributed by atoms with Crippen molar-refractivity contribution in [3.63, 3.8) is 0 Å². The summed E-state index contributed by atoms with van der Waals surface area (Å²) in [6.45, 7) is 0.130. The van der Waals surface area contributed by atoms with Crippen molar-refractivity contribution < 1.29 is 23.2 Å². The molecule has 11 heteroatoms. The van der Waals surface area contributed by atoms with Gasteiger partial charge in [-0.2, -0.15) is 4.37 Å². The van der Waals surface area contributed by atoms with Gasteiger partial charge in [-0.15, -0.1) is 0 Å². The number of nitrogens with zero attached hydrogens (tertiary/aromatic N) is 2. The third-order valence-electron chi connectivity index (χ3n) is 7.41. The quantitative estimate of drug-likeness (QED) is 0.225. The number of benzene rings is 3. The lowest BCUT2D eigenvalue weighted by Gasteiger charge is -2.31. The summed E-state index contributed by atoms with van der Waals surface area (Å²) < 4.78 is 33.5. The van der Waals surface area contributed by atoms with Crippen LogP contribution in [0.5, 0.6) is 0 Å². The van der Waals surface area contributed by atoms with Crippen molar-refractivity contribution in [2.24, 2.45) is 0 Å². The minimum atomic E-state index is -1.42. The van der Waals surface area contributed by atoms with E-state index in [1.807, 2.05) is 30.3 Å². The molecule has 0 spiro atoms. The molecule has 1 aromatic heterocycles. The van der Waals surface area contributed by atoms with Crippen LogP contribution in [-0.4, -0.2) is 28.1 Å². The Morgan fingerprint density at radius 1 is 0.930 bits per heavy atom. The predicted octanol–water partition coefficient (Wildman–Crippen LogP) is 5.77. The smallest absolute Gasteiger partial charge is 0.273 e. The molecule has 4 N–H and O–H groups in total. The van der Waals surface area contributed by atoms with Crippen LogP contribution >= 0.6 is 11.5 Å². The highest BCUT2D eigenvalue weighted by Crippen LogP contribution is 2.35. The number of nitrogens with two attached hydrogens (primary N) is 1. The minimum absolute atomic E-state index is 0.00687. The highest BCUT2D eigenvalue weighted by molar-refractivity contribution is 7.09. The van der Waals surface area contributed by atoms with Crippen molar-refractivity contribution >= 4 is 40.6 Å². The van der Waals surface area contributed by atoms with Crippen LogP contribution in [0.25, 0.3) is 0 Å². The normalized spacial score (nSPS) is 14.1. The average molecular weight is 604 g/mol. The van der Waals surface area contributed by atoms with Gasteiger partial charge in [-0.1, -0.05) is 73.9 Å². The van der Waals surface area contributed by atoms with E-state index in [4.69, 9.17) is 5.73 Å². The fourth-order valence-corrected chi connectivity index (χ4v) is 5.92. The first kappa shape index (κ1) is 29.8. The molecule has 1 unspecified atom stereocenters. The lowest BCUT2D eigenvalue weighted by Crippen LogP contribution is -2.44. The van der Waals surface area contributed by atoms with E-state index in [0.29, 0.717) is 11.5 Å². The third kappa shape index (κ3) is 6.89. The molecular formula is C32H31F2N5O3S. The van der Waals surface area contributed by atoms with Crippen molar-refractivity contribution in [1.82, 2.24) is 15.0 Å². The Bertz CT molecular complexity index is 1590. The summed E-state index contributed by atoms with van der Waals surface area (Å²) in [6, 6.07) is 18.3. The molecule has 222 valence electrons. The number of nitrogens with one attached hydrogen (secondary N) is 2. The average Bonchev–Trinajstić information content (AvgIpc) is 3.41. The Labute approximate surface area is 252 Å². The van der Waals surface area contributed by atoms with Gasteiger partial charge >= 0.3 is 0 Å². The molecule has 0 aliphatic heterocycles. The number of aromatic nitrogens is 1. The lowest BCUT2D eigenvalue weighted by molar-refractivity contribution is -0.122. The van der Waals surface area contributed by atoms with E-state index < -0.39 is 35.4 Å². The molecule has 0 radical (unpaired) electrons. The molecule has 1 atom stereocenters. The van der Waals surface area contributed by atoms with E-state index in [1.54, 1.807) is 0 Å². The zero-order valence-electron chi connectivity index (χ0n) is 23.3. The van der Waals surface area contributed by atoms with Gasteiger partial charge in [-0.25, -0.2) is 8.78 Å². The first-order valence-corrected chi connectivity index (χ1v) is 14.8. The predicted molar refractivity (Wildman–Crippen MR) is 162 cm³/mol. The fraction of sp³-hybridized carbons (Fsp3) is 0.250. The van der Waals surface area contributed by atoms with Crippen LogP contribution in [0, 0.1) is 11.6 Å². The summed E-state index contributed by atoms with van der Waals surface area (Å²) in [6.07, 6.45) is 4.83. The molecule has 43 heavy (non-hydrogen) atoms. The number of carbonyl (C=O) groups excluding carboxylic acids is 3. The second kappa shape index (κ2) is 13.6. The van der Waals surface area contributed by atoms with Crippen LogP contribution < -0.4 is 21.3 Å². The molecule has 1 saturated carbocycles. The molecule has 1 fully saturated rings. The van der Waals surface area contributed by atoms with Crippen molar-refractivity contribution in [2.75, 3.05) is 10.6 Å². The summed E-state index contributed by atoms with van der Waals surface area (Å²) in [4.78, 5) is 42.0. The monoisotopic (exact) mass is 603 g/mol. The van der Waals surface area contributed by atoms with Crippen LogP contribution in [0.15, 0.2) is 78.9 Å². The van der Waals surface area contributed by atoms with E-state index >= 15 is 4.39 Å². The van der Waals surface area contributed by atoms with E-state index in [-0.39, 0.29) is 40.1 Å². The highest BCUT2D eigenvalue weighted by atomic mass is 32.1. The van der Waals surface area contributed by atoms with E-state index in [1.165, 1.54) is 30.3 Å². The zero-order chi connectivity index (χ0) is 30.3. The topological polar surface area (TPSA) is 117 Å². The summed E-state index contributed by atoms with van der Waals surface area (Å²) >= 11 is 0.699. The second-order valence-electron chi connectivity index (χ2n) is 10.4. The number of rotatable bonds is 9. The number of carbonyl (C=O) groups is 3. The molecule has 0 bridgehead atoms. The number of anilines is 2. The van der Waals surface area contributed by atoms with Crippen LogP contribution in [0.2, 0.25) is 0 Å². The Morgan fingerprint density at radius 2 is 1.60 bits per heavy atom. The van der Waals surface area contributed by atoms with Crippen molar-refractivity contribution in [3.05, 3.63) is 112 Å². The zero-order valence-corrected chi connectivity index (χ0v) is 24.1. The highest BCUT2D eigenvalue weighted by Gasteiger charge is 2.37. The summed E-state index contributed by atoms with van der Waals surface area (Å²) in [5.74, 6) is -3.27. The Morgan fingerprint density at radius 3 is 2.30 bits per heavy atom. The van der Waals surface area contributed by atoms with Gasteiger partial charge in [-0.3, -0.25) is 19.3 Å². The summed E-state index contributed by atoms with van der Waals surface area (Å²) in [5.41, 5.74) is 6.92. The molecule has 1 heterocycles. The van der Waals surface area contributed by atoms with Crippen LogP contribution in [0.1, 0.15) is 69.4 Å². The number of amides is 3. The lowest BCUT2D eigenvalue weighted by atomic mass is 9.95. The third-order valence-corrected chi connectivity index (χ3v) is 8.26. The van der Waals surface area contributed by atoms with Crippen molar-refractivity contribution in [3.8, 4) is 0 Å². The molecular weight excluding hydrogens is 572 g/mol. The standard InChI is InChI=1S/C32H31F2N5O3S/c33-22-17-15-21(16-18-22)28(31(41)36-19-20-9-3-1-4-10-20)39(25-14-8-7-13-24(25)34)32(42)29-26(35)27(38-43-29)30(40)37-23-11-5-2-6-12-23/h1,3-4,7-10,13-18,23,28H,2,5-6,11-12,19,35H2,(H,36,41)(H,37,40). The van der Waals surface area contributed by atoms with Crippen LogP contribution in [0.4, 0.5) is 20.2 Å². The van der Waals surface area contributed by atoms with Gasteiger partial charge in [-0.05, 0) is 59.8 Å². The molecule has 1 aliphatic carbocycles. The first-order valence-electron chi connectivity index (χ1n) is 14.0. The molecule has 5 rings (SSSR count). The largest absolute Gasteiger partial charge is 0.395 e. The molecule has 1 aliphatic rings. The van der Waals surface area contributed by atoms with Gasteiger partial charge in [0.1, 0.15) is 22.6 Å². The number of para-hydroxylation sites is 1. The number of nitrogen functional groups attached to an aromatic ring is 1. The van der Waals surface area contributed by atoms with E-state index in [9.17, 15) is 18.8 Å². The van der Waals surface area contributed by atoms with Crippen molar-refractivity contribution in [1.29, 1.82) is 0 Å². The maximum absolute atomic E-state index is 15.4. The van der Waals surface area contributed by atoms with Gasteiger partial charge in [0.05, 0.1) is 11.4 Å². The van der Waals surface area contributed by atoms with E-state index in [2.05, 4.69) is 15.0 Å². The van der Waals surface area contributed by atoms with Gasteiger partial charge in [0.25, 0.3) is 11.8 Å². The van der Waals surface area contributed by atoms with Gasteiger partial charge in [0.15, 0.2) is 5.69 Å². The Balaban J connectivity index is 1.53. The molecule has 3 aromatic carbocycles. The number of halogens is 2. The summed E-state index contributed by atoms with van der Waals surface area (Å²) in [7, 11) is 0. The first-order chi connectivity index (χ1) is 20.8. The maximum atomic E-state index is 15.4. The van der Waals surface area contributed by atoms with E-state index in [0.717, 1.165) is 60.8 Å². The molecule has 3 amide bonds. The van der Waals surface area contributed by atoms with Gasteiger partial charge in [0.2, 0.25) is 5.91 Å². The molecule has 8 nitrogen and oxygen atoms in total. The van der Waals surface area contributed by atoms with Crippen molar-refractivity contribution in [2.45, 2.75) is 50.7 Å². The van der Waals surface area contributed by atoms with Crippen LogP contribution in [-0.2, 0) is 11.3 Å². The fourth-order valence-electron chi connectivity index (χ4n) is 5.18. The second-order valence-corrected chi connectivity index (χ2v) is 11.1. The Kier molecular flexibility index (Phi) is 9.41.